The van der Waals surface area contributed by atoms with E-state index in [9.17, 15) is 4.79 Å². The van der Waals surface area contributed by atoms with Crippen molar-refractivity contribution in [1.29, 1.82) is 0 Å². The van der Waals surface area contributed by atoms with Gasteiger partial charge in [-0.3, -0.25) is 5.32 Å². The second-order valence-electron chi connectivity index (χ2n) is 3.84. The Hall–Kier alpha value is -0.820. The number of thioether (sulfide) groups is 1. The van der Waals surface area contributed by atoms with Crippen molar-refractivity contribution in [3.8, 4) is 0 Å². The maximum Gasteiger partial charge on any atom is 0.321 e. The first-order valence-electron chi connectivity index (χ1n) is 6.13. The van der Waals surface area contributed by atoms with Gasteiger partial charge in [-0.25, -0.2) is 4.79 Å². The van der Waals surface area contributed by atoms with Gasteiger partial charge in [-0.05, 0) is 31.3 Å². The lowest BCUT2D eigenvalue weighted by molar-refractivity contribution is 0.249. The van der Waals surface area contributed by atoms with E-state index in [4.69, 9.17) is 0 Å². The van der Waals surface area contributed by atoms with Crippen molar-refractivity contribution in [3.05, 3.63) is 5.01 Å². The zero-order chi connectivity index (χ0) is 13.4. The molecule has 2 amide bonds. The van der Waals surface area contributed by atoms with E-state index in [0.717, 1.165) is 29.4 Å². The van der Waals surface area contributed by atoms with E-state index in [2.05, 4.69) is 27.8 Å². The molecule has 1 heterocycles. The molecule has 0 aromatic carbocycles. The summed E-state index contributed by atoms with van der Waals surface area (Å²) in [6.07, 6.45) is 1.81. The average Bonchev–Trinajstić information content (AvgIpc) is 2.76. The van der Waals surface area contributed by atoms with Crippen LogP contribution in [0.2, 0.25) is 0 Å². The first-order chi connectivity index (χ1) is 8.65. The lowest BCUT2D eigenvalue weighted by atomic mass is 10.3. The lowest BCUT2D eigenvalue weighted by Gasteiger charge is -2.12. The molecule has 7 heteroatoms. The van der Waals surface area contributed by atoms with E-state index in [1.165, 1.54) is 11.3 Å². The predicted octanol–water partition coefficient (Wildman–Crippen LogP) is 2.75. The second-order valence-corrected chi connectivity index (χ2v) is 6.30. The summed E-state index contributed by atoms with van der Waals surface area (Å²) in [5.41, 5.74) is 0. The molecule has 0 radical (unpaired) electrons. The molecular formula is C11H20N4OS2. The van der Waals surface area contributed by atoms with Crippen LogP contribution in [0.4, 0.5) is 9.93 Å². The van der Waals surface area contributed by atoms with Gasteiger partial charge in [0.2, 0.25) is 5.13 Å². The number of nitrogens with zero attached hydrogens (tertiary/aromatic N) is 2. The molecule has 0 unspecified atom stereocenters. The summed E-state index contributed by atoms with van der Waals surface area (Å²) in [5, 5.41) is 14.9. The van der Waals surface area contributed by atoms with Crippen LogP contribution >= 0.6 is 23.1 Å². The molecule has 0 spiro atoms. The SMILES string of the molecule is CCSCC[C@H](C)NC(=O)Nc1nnc(CC)s1. The van der Waals surface area contributed by atoms with Gasteiger partial charge in [-0.2, -0.15) is 11.8 Å². The number of aryl methyl sites for hydroxylation is 1. The quantitative estimate of drug-likeness (QED) is 0.757. The Kier molecular flexibility index (Phi) is 7.04. The van der Waals surface area contributed by atoms with Crippen LogP contribution in [-0.4, -0.2) is 33.8 Å². The van der Waals surface area contributed by atoms with Crippen molar-refractivity contribution in [2.24, 2.45) is 0 Å². The molecule has 0 saturated carbocycles. The molecule has 1 aromatic rings. The normalized spacial score (nSPS) is 12.2. The van der Waals surface area contributed by atoms with Crippen molar-refractivity contribution in [2.75, 3.05) is 16.8 Å². The Bertz CT molecular complexity index is 370. The third kappa shape index (κ3) is 5.68. The number of aromatic nitrogens is 2. The molecular weight excluding hydrogens is 268 g/mol. The van der Waals surface area contributed by atoms with Crippen molar-refractivity contribution in [3.63, 3.8) is 0 Å². The number of rotatable bonds is 7. The highest BCUT2D eigenvalue weighted by atomic mass is 32.2. The lowest BCUT2D eigenvalue weighted by Crippen LogP contribution is -2.36. The largest absolute Gasteiger partial charge is 0.335 e. The molecule has 102 valence electrons. The third-order valence-corrected chi connectivity index (χ3v) is 4.18. The maximum atomic E-state index is 11.7. The third-order valence-electron chi connectivity index (χ3n) is 2.27. The number of anilines is 1. The van der Waals surface area contributed by atoms with Crippen LogP contribution < -0.4 is 10.6 Å². The van der Waals surface area contributed by atoms with Crippen molar-refractivity contribution >= 4 is 34.3 Å². The average molecular weight is 288 g/mol. The number of hydrogen-bond acceptors (Lipinski definition) is 5. The summed E-state index contributed by atoms with van der Waals surface area (Å²) < 4.78 is 0. The molecule has 18 heavy (non-hydrogen) atoms. The molecule has 5 nitrogen and oxygen atoms in total. The van der Waals surface area contributed by atoms with Crippen molar-refractivity contribution < 1.29 is 4.79 Å². The van der Waals surface area contributed by atoms with Crippen LogP contribution in [0.15, 0.2) is 0 Å². The summed E-state index contributed by atoms with van der Waals surface area (Å²) in [6.45, 7) is 6.15. The fourth-order valence-corrected chi connectivity index (χ4v) is 2.76. The van der Waals surface area contributed by atoms with Gasteiger partial charge in [-0.15, -0.1) is 10.2 Å². The van der Waals surface area contributed by atoms with E-state index in [1.807, 2.05) is 25.6 Å². The molecule has 0 aliphatic heterocycles. The van der Waals surface area contributed by atoms with Crippen LogP contribution in [0.5, 0.6) is 0 Å². The topological polar surface area (TPSA) is 66.9 Å². The Morgan fingerprint density at radius 1 is 1.44 bits per heavy atom. The van der Waals surface area contributed by atoms with Gasteiger partial charge in [0.15, 0.2) is 0 Å². The van der Waals surface area contributed by atoms with Crippen LogP contribution in [-0.2, 0) is 6.42 Å². The molecule has 1 rings (SSSR count). The van der Waals surface area contributed by atoms with Crippen LogP contribution in [0, 0.1) is 0 Å². The van der Waals surface area contributed by atoms with Gasteiger partial charge < -0.3 is 5.32 Å². The van der Waals surface area contributed by atoms with Gasteiger partial charge in [0.25, 0.3) is 0 Å². The molecule has 1 aromatic heterocycles. The van der Waals surface area contributed by atoms with Crippen LogP contribution in [0.1, 0.15) is 32.2 Å². The fourth-order valence-electron chi connectivity index (χ4n) is 1.28. The number of nitrogens with one attached hydrogen (secondary N) is 2. The van der Waals surface area contributed by atoms with Gasteiger partial charge >= 0.3 is 6.03 Å². The first-order valence-corrected chi connectivity index (χ1v) is 8.10. The van der Waals surface area contributed by atoms with Crippen LogP contribution in [0.25, 0.3) is 0 Å². The minimum Gasteiger partial charge on any atom is -0.335 e. The molecule has 0 bridgehead atoms. The molecule has 0 fully saturated rings. The molecule has 0 aliphatic carbocycles. The van der Waals surface area contributed by atoms with E-state index in [1.54, 1.807) is 0 Å². The number of hydrogen-bond donors (Lipinski definition) is 2. The summed E-state index contributed by atoms with van der Waals surface area (Å²) >= 11 is 3.29. The Morgan fingerprint density at radius 2 is 2.22 bits per heavy atom. The molecule has 0 saturated heterocycles. The van der Waals surface area contributed by atoms with Gasteiger partial charge in [0.1, 0.15) is 5.01 Å². The van der Waals surface area contributed by atoms with Crippen molar-refractivity contribution in [1.82, 2.24) is 15.5 Å². The van der Waals surface area contributed by atoms with E-state index in [0.29, 0.717) is 5.13 Å². The van der Waals surface area contributed by atoms with E-state index < -0.39 is 0 Å². The molecule has 1 atom stereocenters. The summed E-state index contributed by atoms with van der Waals surface area (Å²) in [5.74, 6) is 2.18. The maximum absolute atomic E-state index is 11.7. The smallest absolute Gasteiger partial charge is 0.321 e. The standard InChI is InChI=1S/C11H20N4OS2/c1-4-9-14-15-11(18-9)13-10(16)12-8(3)6-7-17-5-2/h8H,4-7H2,1-3H3,(H2,12,13,15,16)/t8-/m0/s1. The summed E-state index contributed by atoms with van der Waals surface area (Å²) in [7, 11) is 0. The predicted molar refractivity (Wildman–Crippen MR) is 78.5 cm³/mol. The fraction of sp³-hybridized carbons (Fsp3) is 0.727. The molecule has 2 N–H and O–H groups in total. The number of carbonyl (C=O) groups is 1. The number of urea groups is 1. The zero-order valence-electron chi connectivity index (χ0n) is 11.0. The van der Waals surface area contributed by atoms with Crippen LogP contribution in [0.3, 0.4) is 0 Å². The highest BCUT2D eigenvalue weighted by Gasteiger charge is 2.09. The first kappa shape index (κ1) is 15.2. The Morgan fingerprint density at radius 3 is 2.83 bits per heavy atom. The number of amides is 2. The summed E-state index contributed by atoms with van der Waals surface area (Å²) in [4.78, 5) is 11.7. The highest BCUT2D eigenvalue weighted by Crippen LogP contribution is 2.15. The number of carbonyl (C=O) groups excluding carboxylic acids is 1. The van der Waals surface area contributed by atoms with Crippen molar-refractivity contribution in [2.45, 2.75) is 39.7 Å². The minimum absolute atomic E-state index is 0.169. The Balaban J connectivity index is 2.28. The Labute approximate surface area is 116 Å². The molecule has 0 aliphatic rings. The highest BCUT2D eigenvalue weighted by molar-refractivity contribution is 7.99. The van der Waals surface area contributed by atoms with E-state index in [-0.39, 0.29) is 12.1 Å². The summed E-state index contributed by atoms with van der Waals surface area (Å²) in [6, 6.07) is -0.0366. The van der Waals surface area contributed by atoms with Gasteiger partial charge in [0.05, 0.1) is 0 Å². The van der Waals surface area contributed by atoms with Gasteiger partial charge in [0, 0.05) is 6.04 Å². The van der Waals surface area contributed by atoms with E-state index >= 15 is 0 Å². The minimum atomic E-state index is -0.206. The zero-order valence-corrected chi connectivity index (χ0v) is 12.7. The van der Waals surface area contributed by atoms with Gasteiger partial charge in [-0.1, -0.05) is 25.2 Å². The monoisotopic (exact) mass is 288 g/mol. The second kappa shape index (κ2) is 8.31.